The highest BCUT2D eigenvalue weighted by Gasteiger charge is 2.17. The number of benzene rings is 1. The molecule has 16 heavy (non-hydrogen) atoms. The van der Waals surface area contributed by atoms with Gasteiger partial charge in [-0.05, 0) is 30.0 Å². The van der Waals surface area contributed by atoms with Gasteiger partial charge < -0.3 is 9.84 Å². The Bertz CT molecular complexity index is 342. The molecular formula is C12H16F2O2. The molecule has 1 aromatic rings. The summed E-state index contributed by atoms with van der Waals surface area (Å²) in [4.78, 5) is 0. The monoisotopic (exact) mass is 230 g/mol. The molecule has 0 amide bonds. The normalized spacial score (nSPS) is 14.8. The first-order chi connectivity index (χ1) is 7.56. The number of halogens is 2. The standard InChI is InChI=1S/C12H16F2O2/c1-8(5-6-16-2)12(15)9-3-4-10(13)11(14)7-9/h3-4,7-8,12,15H,5-6H2,1-2H3. The minimum atomic E-state index is -0.935. The predicted molar refractivity (Wildman–Crippen MR) is 57.0 cm³/mol. The van der Waals surface area contributed by atoms with E-state index in [9.17, 15) is 13.9 Å². The predicted octanol–water partition coefficient (Wildman–Crippen LogP) is 2.67. The Morgan fingerprint density at radius 1 is 1.31 bits per heavy atom. The maximum atomic E-state index is 12.9. The van der Waals surface area contributed by atoms with Crippen molar-refractivity contribution in [3.63, 3.8) is 0 Å². The Kier molecular flexibility index (Phi) is 4.83. The number of ether oxygens (including phenoxy) is 1. The Morgan fingerprint density at radius 3 is 2.56 bits per heavy atom. The van der Waals surface area contributed by atoms with E-state index in [1.165, 1.54) is 6.07 Å². The van der Waals surface area contributed by atoms with Crippen molar-refractivity contribution in [3.05, 3.63) is 35.4 Å². The summed E-state index contributed by atoms with van der Waals surface area (Å²) in [6.45, 7) is 2.37. The first-order valence-corrected chi connectivity index (χ1v) is 5.18. The van der Waals surface area contributed by atoms with E-state index in [1.54, 1.807) is 7.11 Å². The molecule has 90 valence electrons. The fourth-order valence-electron chi connectivity index (χ4n) is 1.49. The van der Waals surface area contributed by atoms with Crippen LogP contribution in [0.1, 0.15) is 25.0 Å². The van der Waals surface area contributed by atoms with Crippen molar-refractivity contribution < 1.29 is 18.6 Å². The maximum Gasteiger partial charge on any atom is 0.159 e. The minimum absolute atomic E-state index is 0.0650. The highest BCUT2D eigenvalue weighted by Crippen LogP contribution is 2.25. The summed E-state index contributed by atoms with van der Waals surface area (Å²) in [6, 6.07) is 3.45. The molecule has 0 heterocycles. The molecule has 1 N–H and O–H groups in total. The van der Waals surface area contributed by atoms with Crippen molar-refractivity contribution in [2.75, 3.05) is 13.7 Å². The minimum Gasteiger partial charge on any atom is -0.388 e. The Balaban J connectivity index is 2.71. The lowest BCUT2D eigenvalue weighted by Crippen LogP contribution is -2.12. The SMILES string of the molecule is COCCC(C)C(O)c1ccc(F)c(F)c1. The summed E-state index contributed by atoms with van der Waals surface area (Å²) in [7, 11) is 1.58. The number of rotatable bonds is 5. The second kappa shape index (κ2) is 5.92. The lowest BCUT2D eigenvalue weighted by Gasteiger charge is -2.18. The third-order valence-electron chi connectivity index (χ3n) is 2.60. The maximum absolute atomic E-state index is 12.9. The van der Waals surface area contributed by atoms with E-state index in [0.29, 0.717) is 18.6 Å². The summed E-state index contributed by atoms with van der Waals surface area (Å²) in [5.74, 6) is -1.90. The number of aliphatic hydroxyl groups excluding tert-OH is 1. The zero-order chi connectivity index (χ0) is 12.1. The van der Waals surface area contributed by atoms with Gasteiger partial charge in [0, 0.05) is 13.7 Å². The zero-order valence-electron chi connectivity index (χ0n) is 9.41. The molecule has 0 aliphatic carbocycles. The quantitative estimate of drug-likeness (QED) is 0.842. The molecule has 0 saturated heterocycles. The van der Waals surface area contributed by atoms with Gasteiger partial charge in [0.15, 0.2) is 11.6 Å². The Hall–Kier alpha value is -1.00. The van der Waals surface area contributed by atoms with Gasteiger partial charge >= 0.3 is 0 Å². The van der Waals surface area contributed by atoms with Gasteiger partial charge in [-0.25, -0.2) is 8.78 Å². The van der Waals surface area contributed by atoms with E-state index < -0.39 is 17.7 Å². The van der Waals surface area contributed by atoms with E-state index in [1.807, 2.05) is 6.92 Å². The molecule has 0 bridgehead atoms. The molecule has 0 fully saturated rings. The molecule has 0 aliphatic rings. The molecule has 0 radical (unpaired) electrons. The molecule has 4 heteroatoms. The lowest BCUT2D eigenvalue weighted by molar-refractivity contribution is 0.0883. The van der Waals surface area contributed by atoms with Gasteiger partial charge in [-0.15, -0.1) is 0 Å². The molecule has 2 nitrogen and oxygen atoms in total. The van der Waals surface area contributed by atoms with Gasteiger partial charge in [-0.1, -0.05) is 13.0 Å². The Morgan fingerprint density at radius 2 is 2.00 bits per heavy atom. The molecule has 2 atom stereocenters. The van der Waals surface area contributed by atoms with Crippen LogP contribution >= 0.6 is 0 Å². The van der Waals surface area contributed by atoms with Gasteiger partial charge in [0.2, 0.25) is 0 Å². The number of aliphatic hydroxyl groups is 1. The van der Waals surface area contributed by atoms with E-state index >= 15 is 0 Å². The van der Waals surface area contributed by atoms with Gasteiger partial charge in [-0.2, -0.15) is 0 Å². The third-order valence-corrected chi connectivity index (χ3v) is 2.60. The molecule has 0 spiro atoms. The van der Waals surface area contributed by atoms with Crippen molar-refractivity contribution in [1.29, 1.82) is 0 Å². The average Bonchev–Trinajstić information content (AvgIpc) is 2.28. The van der Waals surface area contributed by atoms with Crippen LogP contribution in [0, 0.1) is 17.6 Å². The van der Waals surface area contributed by atoms with Gasteiger partial charge in [-0.3, -0.25) is 0 Å². The molecule has 0 saturated carbocycles. The van der Waals surface area contributed by atoms with Crippen LogP contribution in [0.2, 0.25) is 0 Å². The van der Waals surface area contributed by atoms with E-state index in [0.717, 1.165) is 12.1 Å². The van der Waals surface area contributed by atoms with Crippen molar-refractivity contribution in [3.8, 4) is 0 Å². The fourth-order valence-corrected chi connectivity index (χ4v) is 1.49. The second-order valence-corrected chi connectivity index (χ2v) is 3.88. The smallest absolute Gasteiger partial charge is 0.159 e. The second-order valence-electron chi connectivity index (χ2n) is 3.88. The van der Waals surface area contributed by atoms with E-state index in [-0.39, 0.29) is 5.92 Å². The van der Waals surface area contributed by atoms with Crippen LogP contribution in [0.15, 0.2) is 18.2 Å². The third kappa shape index (κ3) is 3.25. The number of methoxy groups -OCH3 is 1. The van der Waals surface area contributed by atoms with Crippen LogP contribution in [0.25, 0.3) is 0 Å². The van der Waals surface area contributed by atoms with Crippen molar-refractivity contribution in [2.45, 2.75) is 19.4 Å². The molecule has 2 unspecified atom stereocenters. The van der Waals surface area contributed by atoms with Crippen LogP contribution in [0.4, 0.5) is 8.78 Å². The van der Waals surface area contributed by atoms with Gasteiger partial charge in [0.1, 0.15) is 0 Å². The number of hydrogen-bond donors (Lipinski definition) is 1. The van der Waals surface area contributed by atoms with Crippen LogP contribution in [0.3, 0.4) is 0 Å². The lowest BCUT2D eigenvalue weighted by atomic mass is 9.95. The van der Waals surface area contributed by atoms with Gasteiger partial charge in [0.25, 0.3) is 0 Å². The van der Waals surface area contributed by atoms with Gasteiger partial charge in [0.05, 0.1) is 6.10 Å². The topological polar surface area (TPSA) is 29.5 Å². The summed E-state index contributed by atoms with van der Waals surface area (Å²) >= 11 is 0. The first kappa shape index (κ1) is 13.1. The summed E-state index contributed by atoms with van der Waals surface area (Å²) in [5.41, 5.74) is 0.391. The van der Waals surface area contributed by atoms with E-state index in [4.69, 9.17) is 4.74 Å². The van der Waals surface area contributed by atoms with Crippen molar-refractivity contribution in [2.24, 2.45) is 5.92 Å². The molecule has 1 rings (SSSR count). The average molecular weight is 230 g/mol. The fraction of sp³-hybridized carbons (Fsp3) is 0.500. The van der Waals surface area contributed by atoms with Crippen LogP contribution in [-0.4, -0.2) is 18.8 Å². The molecule has 0 aromatic heterocycles. The van der Waals surface area contributed by atoms with Crippen LogP contribution < -0.4 is 0 Å². The van der Waals surface area contributed by atoms with Crippen molar-refractivity contribution in [1.82, 2.24) is 0 Å². The van der Waals surface area contributed by atoms with Crippen LogP contribution in [0.5, 0.6) is 0 Å². The zero-order valence-corrected chi connectivity index (χ0v) is 9.41. The molecular weight excluding hydrogens is 214 g/mol. The number of hydrogen-bond acceptors (Lipinski definition) is 2. The first-order valence-electron chi connectivity index (χ1n) is 5.18. The molecule has 0 aliphatic heterocycles. The largest absolute Gasteiger partial charge is 0.388 e. The summed E-state index contributed by atoms with van der Waals surface area (Å²) in [6.07, 6.45) is -0.137. The Labute approximate surface area is 93.9 Å². The highest BCUT2D eigenvalue weighted by molar-refractivity contribution is 5.20. The van der Waals surface area contributed by atoms with Crippen LogP contribution in [-0.2, 0) is 4.74 Å². The summed E-state index contributed by atoms with van der Waals surface area (Å²) < 4.78 is 30.5. The highest BCUT2D eigenvalue weighted by atomic mass is 19.2. The van der Waals surface area contributed by atoms with E-state index in [2.05, 4.69) is 0 Å². The summed E-state index contributed by atoms with van der Waals surface area (Å²) in [5, 5.41) is 9.89. The molecule has 1 aromatic carbocycles. The van der Waals surface area contributed by atoms with Crippen molar-refractivity contribution >= 4 is 0 Å².